The van der Waals surface area contributed by atoms with E-state index in [-0.39, 0.29) is 11.2 Å². The zero-order valence-corrected chi connectivity index (χ0v) is 16.8. The summed E-state index contributed by atoms with van der Waals surface area (Å²) >= 11 is 1.52. The maximum absolute atomic E-state index is 13.1. The summed E-state index contributed by atoms with van der Waals surface area (Å²) in [6.45, 7) is 0.474. The molecule has 4 nitrogen and oxygen atoms in total. The Morgan fingerprint density at radius 3 is 2.45 bits per heavy atom. The number of nitrogens with zero attached hydrogens (tertiary/aromatic N) is 1. The zero-order chi connectivity index (χ0) is 20.3. The molecule has 1 N–H and O–H groups in total. The Morgan fingerprint density at radius 1 is 1.00 bits per heavy atom. The number of anilines is 1. The van der Waals surface area contributed by atoms with Gasteiger partial charge in [-0.3, -0.25) is 4.79 Å². The highest BCUT2D eigenvalue weighted by molar-refractivity contribution is 8.00. The van der Waals surface area contributed by atoms with Crippen molar-refractivity contribution in [1.82, 2.24) is 0 Å². The molecule has 0 heterocycles. The Balaban J connectivity index is 1.72. The molecule has 29 heavy (non-hydrogen) atoms. The topological polar surface area (TPSA) is 62.1 Å². The molecule has 1 amide bonds. The van der Waals surface area contributed by atoms with Crippen LogP contribution in [0.5, 0.6) is 5.75 Å². The van der Waals surface area contributed by atoms with Crippen LogP contribution in [0.15, 0.2) is 89.8 Å². The average molecular weight is 403 g/mol. The fourth-order valence-corrected chi connectivity index (χ4v) is 3.79. The summed E-state index contributed by atoms with van der Waals surface area (Å²) < 4.78 is 5.66. The third kappa shape index (κ3) is 6.41. The highest BCUT2D eigenvalue weighted by Crippen LogP contribution is 2.36. The first-order valence-electron chi connectivity index (χ1n) is 9.43. The number of carbonyl (C=O) groups is 1. The lowest BCUT2D eigenvalue weighted by Gasteiger charge is -2.17. The molecule has 5 heteroatoms. The number of hydrogen-bond acceptors (Lipinski definition) is 4. The summed E-state index contributed by atoms with van der Waals surface area (Å²) in [5.74, 6) is 0.583. The molecule has 0 spiro atoms. The molecule has 0 saturated carbocycles. The predicted molar refractivity (Wildman–Crippen MR) is 117 cm³/mol. The lowest BCUT2D eigenvalue weighted by molar-refractivity contribution is -0.115. The first kappa shape index (κ1) is 20.5. The van der Waals surface area contributed by atoms with Gasteiger partial charge in [0, 0.05) is 23.1 Å². The minimum Gasteiger partial charge on any atom is -0.493 e. The molecule has 3 rings (SSSR count). The Labute approximate surface area is 175 Å². The number of carbonyl (C=O) groups excluding carboxylic acids is 1. The highest BCUT2D eigenvalue weighted by atomic mass is 32.2. The minimum absolute atomic E-state index is 0.0910. The monoisotopic (exact) mass is 402 g/mol. The fourth-order valence-electron chi connectivity index (χ4n) is 2.75. The molecule has 146 valence electrons. The summed E-state index contributed by atoms with van der Waals surface area (Å²) in [4.78, 5) is 14.2. The first-order chi connectivity index (χ1) is 14.3. The smallest absolute Gasteiger partial charge is 0.242 e. The second-order valence-corrected chi connectivity index (χ2v) is 7.53. The van der Waals surface area contributed by atoms with Gasteiger partial charge in [-0.1, -0.05) is 54.6 Å². The van der Waals surface area contributed by atoms with Crippen molar-refractivity contribution in [2.45, 2.75) is 23.0 Å². The summed E-state index contributed by atoms with van der Waals surface area (Å²) in [6, 6.07) is 29.1. The lowest BCUT2D eigenvalue weighted by Crippen LogP contribution is -2.19. The molecule has 0 saturated heterocycles. The number of nitriles is 1. The molecule has 1 atom stereocenters. The van der Waals surface area contributed by atoms with Gasteiger partial charge in [-0.25, -0.2) is 0 Å². The number of thioether (sulfide) groups is 1. The van der Waals surface area contributed by atoms with E-state index in [1.807, 2.05) is 78.9 Å². The molecule has 0 aliphatic carbocycles. The van der Waals surface area contributed by atoms with E-state index in [4.69, 9.17) is 10.00 Å². The van der Waals surface area contributed by atoms with Crippen molar-refractivity contribution in [3.63, 3.8) is 0 Å². The SMILES string of the molecule is N#CCCCOc1cccc(NC(=O)C(Sc2ccccc2)c2ccccc2)c1. The van der Waals surface area contributed by atoms with Gasteiger partial charge in [0.05, 0.1) is 12.7 Å². The molecular formula is C24H22N2O2S. The van der Waals surface area contributed by atoms with Crippen LogP contribution in [0.1, 0.15) is 23.7 Å². The third-order valence-electron chi connectivity index (χ3n) is 4.14. The van der Waals surface area contributed by atoms with Crippen molar-refractivity contribution in [2.24, 2.45) is 0 Å². The molecule has 0 fully saturated rings. The van der Waals surface area contributed by atoms with Crippen LogP contribution in [-0.2, 0) is 4.79 Å². The van der Waals surface area contributed by atoms with Crippen LogP contribution in [-0.4, -0.2) is 12.5 Å². The molecule has 3 aromatic carbocycles. The van der Waals surface area contributed by atoms with E-state index < -0.39 is 0 Å². The fraction of sp³-hybridized carbons (Fsp3) is 0.167. The molecule has 0 bridgehead atoms. The van der Waals surface area contributed by atoms with Crippen LogP contribution in [0.4, 0.5) is 5.69 Å². The van der Waals surface area contributed by atoms with Gasteiger partial charge in [0.2, 0.25) is 5.91 Å². The Kier molecular flexibility index (Phi) is 7.73. The van der Waals surface area contributed by atoms with Gasteiger partial charge < -0.3 is 10.1 Å². The number of rotatable bonds is 9. The molecule has 0 aromatic heterocycles. The summed E-state index contributed by atoms with van der Waals surface area (Å²) in [5.41, 5.74) is 1.63. The van der Waals surface area contributed by atoms with Gasteiger partial charge in [0.25, 0.3) is 0 Å². The van der Waals surface area contributed by atoms with Crippen molar-refractivity contribution < 1.29 is 9.53 Å². The molecule has 0 radical (unpaired) electrons. The number of hydrogen-bond donors (Lipinski definition) is 1. The number of amides is 1. The van der Waals surface area contributed by atoms with E-state index in [2.05, 4.69) is 11.4 Å². The van der Waals surface area contributed by atoms with Crippen molar-refractivity contribution in [3.8, 4) is 11.8 Å². The van der Waals surface area contributed by atoms with Gasteiger partial charge >= 0.3 is 0 Å². The van der Waals surface area contributed by atoms with Crippen LogP contribution in [0.3, 0.4) is 0 Å². The molecule has 3 aromatic rings. The van der Waals surface area contributed by atoms with Crippen LogP contribution >= 0.6 is 11.8 Å². The number of nitrogens with one attached hydrogen (secondary N) is 1. The van der Waals surface area contributed by atoms with Gasteiger partial charge in [-0.15, -0.1) is 11.8 Å². The number of unbranched alkanes of at least 4 members (excludes halogenated alkanes) is 1. The molecule has 0 aliphatic heterocycles. The van der Waals surface area contributed by atoms with E-state index in [1.165, 1.54) is 11.8 Å². The highest BCUT2D eigenvalue weighted by Gasteiger charge is 2.22. The Hall–Kier alpha value is -3.23. The first-order valence-corrected chi connectivity index (χ1v) is 10.3. The van der Waals surface area contributed by atoms with Crippen molar-refractivity contribution >= 4 is 23.4 Å². The summed E-state index contributed by atoms with van der Waals surface area (Å²) in [6.07, 6.45) is 1.14. The van der Waals surface area contributed by atoms with Crippen LogP contribution in [0.2, 0.25) is 0 Å². The average Bonchev–Trinajstić information content (AvgIpc) is 2.76. The van der Waals surface area contributed by atoms with Crippen LogP contribution in [0, 0.1) is 11.3 Å². The lowest BCUT2D eigenvalue weighted by atomic mass is 10.1. The van der Waals surface area contributed by atoms with E-state index in [0.29, 0.717) is 30.9 Å². The second-order valence-electron chi connectivity index (χ2n) is 6.35. The Morgan fingerprint density at radius 2 is 1.72 bits per heavy atom. The second kappa shape index (κ2) is 10.9. The largest absolute Gasteiger partial charge is 0.493 e. The standard InChI is InChI=1S/C24H22N2O2S/c25-16-7-8-17-28-21-13-9-12-20(18-21)26-24(27)23(19-10-3-1-4-11-19)29-22-14-5-2-6-15-22/h1-6,9-15,18,23H,7-8,17H2,(H,26,27). The zero-order valence-electron chi connectivity index (χ0n) is 16.0. The quantitative estimate of drug-likeness (QED) is 0.361. The van der Waals surface area contributed by atoms with Gasteiger partial charge in [0.1, 0.15) is 11.0 Å². The minimum atomic E-state index is -0.376. The van der Waals surface area contributed by atoms with Gasteiger partial charge in [-0.2, -0.15) is 5.26 Å². The van der Waals surface area contributed by atoms with Gasteiger partial charge in [-0.05, 0) is 36.2 Å². The molecule has 0 aliphatic rings. The van der Waals surface area contributed by atoms with E-state index in [0.717, 1.165) is 10.5 Å². The Bertz CT molecular complexity index is 955. The van der Waals surface area contributed by atoms with Gasteiger partial charge in [0.15, 0.2) is 0 Å². The van der Waals surface area contributed by atoms with Crippen molar-refractivity contribution in [3.05, 3.63) is 90.5 Å². The summed E-state index contributed by atoms with van der Waals surface area (Å²) in [7, 11) is 0. The predicted octanol–water partition coefficient (Wildman–Crippen LogP) is 5.84. The summed E-state index contributed by atoms with van der Waals surface area (Å²) in [5, 5.41) is 11.2. The molecule has 1 unspecified atom stereocenters. The maximum Gasteiger partial charge on any atom is 0.242 e. The maximum atomic E-state index is 13.1. The third-order valence-corrected chi connectivity index (χ3v) is 5.41. The van der Waals surface area contributed by atoms with Crippen LogP contribution < -0.4 is 10.1 Å². The normalized spacial score (nSPS) is 11.3. The molecular weight excluding hydrogens is 380 g/mol. The van der Waals surface area contributed by atoms with E-state index in [9.17, 15) is 4.79 Å². The van der Waals surface area contributed by atoms with E-state index in [1.54, 1.807) is 6.07 Å². The van der Waals surface area contributed by atoms with Crippen molar-refractivity contribution in [1.29, 1.82) is 5.26 Å². The van der Waals surface area contributed by atoms with Crippen molar-refractivity contribution in [2.75, 3.05) is 11.9 Å². The number of ether oxygens (including phenoxy) is 1. The van der Waals surface area contributed by atoms with E-state index >= 15 is 0 Å². The number of benzene rings is 3. The van der Waals surface area contributed by atoms with Crippen LogP contribution in [0.25, 0.3) is 0 Å².